The van der Waals surface area contributed by atoms with Crippen LogP contribution in [0, 0.1) is 0 Å². The lowest BCUT2D eigenvalue weighted by Gasteiger charge is -2.13. The van der Waals surface area contributed by atoms with Gasteiger partial charge in [0.1, 0.15) is 5.75 Å². The fourth-order valence-electron chi connectivity index (χ4n) is 3.46. The van der Waals surface area contributed by atoms with Gasteiger partial charge in [-0.1, -0.05) is 12.1 Å². The van der Waals surface area contributed by atoms with E-state index in [0.29, 0.717) is 52.1 Å². The van der Waals surface area contributed by atoms with Crippen LogP contribution in [0.25, 0.3) is 6.08 Å². The average molecular weight is 468 g/mol. The van der Waals surface area contributed by atoms with E-state index in [1.807, 2.05) is 18.2 Å². The van der Waals surface area contributed by atoms with Crippen molar-refractivity contribution in [3.8, 4) is 28.7 Å². The lowest BCUT2D eigenvalue weighted by Crippen LogP contribution is -2.12. The molecule has 0 spiro atoms. The molecule has 2 aromatic carbocycles. The van der Waals surface area contributed by atoms with Crippen LogP contribution in [0.15, 0.2) is 48.3 Å². The average Bonchev–Trinajstić information content (AvgIpc) is 3.29. The van der Waals surface area contributed by atoms with Crippen molar-refractivity contribution in [2.75, 3.05) is 40.9 Å². The molecule has 0 fully saturated rings. The summed E-state index contributed by atoms with van der Waals surface area (Å²) < 4.78 is 28.6. The highest BCUT2D eigenvalue weighted by atomic mass is 16.5. The van der Waals surface area contributed by atoms with Gasteiger partial charge < -0.3 is 29.0 Å². The van der Waals surface area contributed by atoms with E-state index >= 15 is 0 Å². The highest BCUT2D eigenvalue weighted by molar-refractivity contribution is 6.06. The number of ether oxygens (including phenoxy) is 5. The maximum Gasteiger partial charge on any atom is 0.251 e. The number of nitrogens with one attached hydrogen (secondary N) is 1. The van der Waals surface area contributed by atoms with E-state index in [0.717, 1.165) is 5.56 Å². The van der Waals surface area contributed by atoms with E-state index in [1.54, 1.807) is 77.8 Å². The molecule has 0 bridgehead atoms. The van der Waals surface area contributed by atoms with E-state index < -0.39 is 0 Å². The van der Waals surface area contributed by atoms with E-state index in [4.69, 9.17) is 23.7 Å². The van der Waals surface area contributed by atoms with Crippen LogP contribution < -0.4 is 29.0 Å². The molecule has 0 unspecified atom stereocenters. The number of anilines is 1. The first-order valence-electron chi connectivity index (χ1n) is 10.5. The predicted octanol–water partition coefficient (Wildman–Crippen LogP) is 4.02. The Bertz CT molecular complexity index is 1190. The molecule has 0 aliphatic carbocycles. The molecule has 1 heterocycles. The van der Waals surface area contributed by atoms with Gasteiger partial charge in [0.25, 0.3) is 5.91 Å². The third-order valence-electron chi connectivity index (χ3n) is 5.17. The minimum absolute atomic E-state index is 0.268. The molecule has 9 nitrogen and oxygen atoms in total. The molecule has 34 heavy (non-hydrogen) atoms. The van der Waals surface area contributed by atoms with E-state index in [2.05, 4.69) is 10.4 Å². The molecular formula is C25H29N3O6. The Labute approximate surface area is 198 Å². The zero-order chi connectivity index (χ0) is 24.7. The summed E-state index contributed by atoms with van der Waals surface area (Å²) in [6, 6.07) is 9.13. The summed E-state index contributed by atoms with van der Waals surface area (Å²) in [5.74, 6) is 2.66. The maximum absolute atomic E-state index is 12.8. The van der Waals surface area contributed by atoms with Crippen molar-refractivity contribution in [2.24, 2.45) is 0 Å². The molecule has 0 saturated carbocycles. The minimum atomic E-state index is -0.268. The largest absolute Gasteiger partial charge is 0.496 e. The van der Waals surface area contributed by atoms with Crippen molar-refractivity contribution in [2.45, 2.75) is 13.5 Å². The first kappa shape index (κ1) is 24.5. The van der Waals surface area contributed by atoms with Gasteiger partial charge in [-0.05, 0) is 25.1 Å². The number of hydrogen-bond acceptors (Lipinski definition) is 7. The summed E-state index contributed by atoms with van der Waals surface area (Å²) in [6.45, 7) is 2.17. The Hall–Kier alpha value is -4.14. The molecule has 1 N–H and O–H groups in total. The summed E-state index contributed by atoms with van der Waals surface area (Å²) in [4.78, 5) is 12.8. The van der Waals surface area contributed by atoms with Crippen LogP contribution in [-0.4, -0.2) is 51.2 Å². The number of aromatic nitrogens is 2. The monoisotopic (exact) mass is 467 g/mol. The Morgan fingerprint density at radius 2 is 1.62 bits per heavy atom. The number of para-hydroxylation sites is 1. The molecule has 9 heteroatoms. The fraction of sp³-hybridized carbons (Fsp3) is 0.280. The van der Waals surface area contributed by atoms with Crippen LogP contribution in [0.1, 0.15) is 18.1 Å². The van der Waals surface area contributed by atoms with E-state index in [9.17, 15) is 4.79 Å². The maximum atomic E-state index is 12.8. The Kier molecular flexibility index (Phi) is 8.02. The number of amides is 1. The SMILES string of the molecule is COc1cc(OC)c(OC)cc1C=C(C)C(=O)Nc1cnn(Cc2cccc(OC)c2OC)c1. The molecule has 3 rings (SSSR count). The summed E-state index contributed by atoms with van der Waals surface area (Å²) in [7, 11) is 7.85. The third-order valence-corrected chi connectivity index (χ3v) is 5.17. The first-order valence-corrected chi connectivity index (χ1v) is 10.5. The molecular weight excluding hydrogens is 438 g/mol. The normalized spacial score (nSPS) is 11.1. The summed E-state index contributed by atoms with van der Waals surface area (Å²) >= 11 is 0. The number of hydrogen-bond donors (Lipinski definition) is 1. The highest BCUT2D eigenvalue weighted by Crippen LogP contribution is 2.36. The van der Waals surface area contributed by atoms with Gasteiger partial charge in [0.05, 0.1) is 54.0 Å². The zero-order valence-corrected chi connectivity index (χ0v) is 20.2. The number of nitrogens with zero attached hydrogens (tertiary/aromatic N) is 2. The van der Waals surface area contributed by atoms with Crippen LogP contribution in [0.3, 0.4) is 0 Å². The van der Waals surface area contributed by atoms with Gasteiger partial charge in [0.15, 0.2) is 23.0 Å². The second-order valence-corrected chi connectivity index (χ2v) is 7.31. The van der Waals surface area contributed by atoms with Gasteiger partial charge in [-0.15, -0.1) is 0 Å². The Morgan fingerprint density at radius 1 is 0.941 bits per heavy atom. The molecule has 0 radical (unpaired) electrons. The van der Waals surface area contributed by atoms with Crippen molar-refractivity contribution < 1.29 is 28.5 Å². The second kappa shape index (κ2) is 11.1. The minimum Gasteiger partial charge on any atom is -0.496 e. The molecule has 0 aliphatic rings. The molecule has 180 valence electrons. The van der Waals surface area contributed by atoms with Crippen molar-refractivity contribution in [1.82, 2.24) is 9.78 Å². The van der Waals surface area contributed by atoms with Crippen LogP contribution in [0.4, 0.5) is 5.69 Å². The van der Waals surface area contributed by atoms with Gasteiger partial charge in [0.2, 0.25) is 0 Å². The van der Waals surface area contributed by atoms with Crippen molar-refractivity contribution in [1.29, 1.82) is 0 Å². The number of benzene rings is 2. The van der Waals surface area contributed by atoms with Crippen LogP contribution in [0.5, 0.6) is 28.7 Å². The first-order chi connectivity index (χ1) is 16.4. The van der Waals surface area contributed by atoms with Gasteiger partial charge in [-0.2, -0.15) is 5.10 Å². The van der Waals surface area contributed by atoms with Crippen LogP contribution in [-0.2, 0) is 11.3 Å². The van der Waals surface area contributed by atoms with Crippen molar-refractivity contribution >= 4 is 17.7 Å². The molecule has 1 amide bonds. The standard InChI is InChI=1S/C25H29N3O6/c1-16(10-18-11-22(32-4)23(33-5)12-21(18)31-3)25(29)27-19-13-26-28(15-19)14-17-8-7-9-20(30-2)24(17)34-6/h7-13,15H,14H2,1-6H3,(H,27,29). The van der Waals surface area contributed by atoms with E-state index in [-0.39, 0.29) is 5.91 Å². The highest BCUT2D eigenvalue weighted by Gasteiger charge is 2.14. The van der Waals surface area contributed by atoms with E-state index in [1.165, 1.54) is 0 Å². The zero-order valence-electron chi connectivity index (χ0n) is 20.2. The summed E-state index contributed by atoms with van der Waals surface area (Å²) in [5, 5.41) is 7.21. The summed E-state index contributed by atoms with van der Waals surface area (Å²) in [6.07, 6.45) is 5.07. The van der Waals surface area contributed by atoms with Crippen LogP contribution in [0.2, 0.25) is 0 Å². The number of rotatable bonds is 10. The molecule has 0 atom stereocenters. The van der Waals surface area contributed by atoms with Gasteiger partial charge in [0, 0.05) is 29.0 Å². The predicted molar refractivity (Wildman–Crippen MR) is 129 cm³/mol. The molecule has 3 aromatic rings. The fourth-order valence-corrected chi connectivity index (χ4v) is 3.46. The summed E-state index contributed by atoms with van der Waals surface area (Å²) in [5.41, 5.74) is 2.64. The third kappa shape index (κ3) is 5.43. The molecule has 0 aliphatic heterocycles. The quantitative estimate of drug-likeness (QED) is 0.450. The smallest absolute Gasteiger partial charge is 0.251 e. The molecule has 1 aromatic heterocycles. The lowest BCUT2D eigenvalue weighted by atomic mass is 10.1. The Morgan fingerprint density at radius 3 is 2.26 bits per heavy atom. The second-order valence-electron chi connectivity index (χ2n) is 7.31. The molecule has 0 saturated heterocycles. The van der Waals surface area contributed by atoms with Gasteiger partial charge in [-0.3, -0.25) is 9.48 Å². The lowest BCUT2D eigenvalue weighted by molar-refractivity contribution is -0.112. The van der Waals surface area contributed by atoms with Gasteiger partial charge >= 0.3 is 0 Å². The van der Waals surface area contributed by atoms with Crippen LogP contribution >= 0.6 is 0 Å². The van der Waals surface area contributed by atoms with Crippen molar-refractivity contribution in [3.05, 3.63) is 59.4 Å². The topological polar surface area (TPSA) is 93.1 Å². The number of carbonyl (C=O) groups excluding carboxylic acids is 1. The number of carbonyl (C=O) groups is 1. The van der Waals surface area contributed by atoms with Gasteiger partial charge in [-0.25, -0.2) is 0 Å². The number of methoxy groups -OCH3 is 5. The Balaban J connectivity index is 1.76. The van der Waals surface area contributed by atoms with Crippen molar-refractivity contribution in [3.63, 3.8) is 0 Å².